The van der Waals surface area contributed by atoms with E-state index in [2.05, 4.69) is 4.98 Å². The molecule has 3 N–H and O–H groups in total. The molecule has 2 aliphatic carbocycles. The third kappa shape index (κ3) is 3.62. The summed E-state index contributed by atoms with van der Waals surface area (Å²) in [6.07, 6.45) is 6.25. The van der Waals surface area contributed by atoms with Crippen LogP contribution >= 0.6 is 0 Å². The highest BCUT2D eigenvalue weighted by molar-refractivity contribution is 6.11. The number of benzene rings is 1. The number of amides is 1. The van der Waals surface area contributed by atoms with E-state index in [9.17, 15) is 14.4 Å². The van der Waals surface area contributed by atoms with Gasteiger partial charge in [-0.3, -0.25) is 9.59 Å². The lowest BCUT2D eigenvalue weighted by atomic mass is 9.82. The molecule has 3 aliphatic rings. The average Bonchev–Trinajstić information content (AvgIpc) is 3.32. The van der Waals surface area contributed by atoms with Crippen LogP contribution in [-0.4, -0.2) is 61.5 Å². The number of allylic oxidation sites excluding steroid dienone is 2. The zero-order valence-corrected chi connectivity index (χ0v) is 20.6. The molecule has 0 radical (unpaired) electrons. The van der Waals surface area contributed by atoms with Gasteiger partial charge in [-0.05, 0) is 56.0 Å². The van der Waals surface area contributed by atoms with Gasteiger partial charge in [-0.25, -0.2) is 4.79 Å². The van der Waals surface area contributed by atoms with E-state index in [0.29, 0.717) is 65.8 Å². The summed E-state index contributed by atoms with van der Waals surface area (Å²) >= 11 is 0. The number of aromatic amines is 1. The van der Waals surface area contributed by atoms with Gasteiger partial charge in [0.15, 0.2) is 11.5 Å². The van der Waals surface area contributed by atoms with Crippen LogP contribution in [0.3, 0.4) is 0 Å². The van der Waals surface area contributed by atoms with Crippen molar-refractivity contribution in [1.82, 2.24) is 9.88 Å². The molecular weight excluding hydrogens is 462 g/mol. The molecule has 2 atom stereocenters. The monoisotopic (exact) mass is 491 g/mol. The number of methoxy groups -OCH3 is 2. The summed E-state index contributed by atoms with van der Waals surface area (Å²) in [7, 11) is 2.90. The van der Waals surface area contributed by atoms with Gasteiger partial charge in [0, 0.05) is 41.1 Å². The SMILES string of the molecule is COC(=O)c1c(C)[nH]c2c1[C@@]13C[C@@H]1CN(C(=O)/C=C/c1ccc(OC)c(OCCCN)c1)C3=CC2=O. The average molecular weight is 492 g/mol. The number of likely N-dealkylation sites (tertiary alicyclic amines) is 1. The highest BCUT2D eigenvalue weighted by atomic mass is 16.5. The van der Waals surface area contributed by atoms with Gasteiger partial charge < -0.3 is 29.8 Å². The number of nitrogens with two attached hydrogens (primary N) is 1. The van der Waals surface area contributed by atoms with Gasteiger partial charge in [-0.2, -0.15) is 0 Å². The molecule has 9 nitrogen and oxygen atoms in total. The van der Waals surface area contributed by atoms with Gasteiger partial charge in [-0.1, -0.05) is 6.07 Å². The van der Waals surface area contributed by atoms with Crippen molar-refractivity contribution < 1.29 is 28.6 Å². The summed E-state index contributed by atoms with van der Waals surface area (Å²) in [5.41, 5.74) is 8.56. The Hall–Kier alpha value is -3.85. The fourth-order valence-corrected chi connectivity index (χ4v) is 5.52. The maximum Gasteiger partial charge on any atom is 0.340 e. The fraction of sp³-hybridized carbons (Fsp3) is 0.370. The van der Waals surface area contributed by atoms with Gasteiger partial charge >= 0.3 is 5.97 Å². The number of hydrogen-bond donors (Lipinski definition) is 2. The molecule has 2 fully saturated rings. The number of aryl methyl sites for hydroxylation is 1. The Morgan fingerprint density at radius 2 is 2.08 bits per heavy atom. The van der Waals surface area contributed by atoms with E-state index in [0.717, 1.165) is 12.0 Å². The number of piperidine rings is 1. The molecule has 1 aromatic carbocycles. The molecule has 1 saturated carbocycles. The van der Waals surface area contributed by atoms with E-state index in [1.165, 1.54) is 19.3 Å². The smallest absolute Gasteiger partial charge is 0.340 e. The number of nitrogens with zero attached hydrogens (tertiary/aromatic N) is 1. The molecule has 0 bridgehead atoms. The molecular formula is C27H29N3O6. The van der Waals surface area contributed by atoms with E-state index < -0.39 is 11.4 Å². The van der Waals surface area contributed by atoms with E-state index >= 15 is 0 Å². The highest BCUT2D eigenvalue weighted by Gasteiger charge is 2.68. The Morgan fingerprint density at radius 3 is 2.81 bits per heavy atom. The normalized spacial score (nSPS) is 21.6. The summed E-state index contributed by atoms with van der Waals surface area (Å²) < 4.78 is 16.1. The maximum atomic E-state index is 13.3. The second-order valence-electron chi connectivity index (χ2n) is 9.32. The minimum absolute atomic E-state index is 0.148. The first-order valence-electron chi connectivity index (χ1n) is 11.9. The molecule has 36 heavy (non-hydrogen) atoms. The van der Waals surface area contributed by atoms with Crippen LogP contribution in [-0.2, 0) is 14.9 Å². The van der Waals surface area contributed by atoms with Gasteiger partial charge in [0.2, 0.25) is 5.78 Å². The molecule has 188 valence electrons. The van der Waals surface area contributed by atoms with Crippen LogP contribution in [0.4, 0.5) is 0 Å². The maximum absolute atomic E-state index is 13.3. The molecule has 1 spiro atoms. The molecule has 0 unspecified atom stereocenters. The Labute approximate surface area is 208 Å². The summed E-state index contributed by atoms with van der Waals surface area (Å²) in [6.45, 7) is 3.24. The molecule has 1 amide bonds. The lowest BCUT2D eigenvalue weighted by Gasteiger charge is -2.27. The standard InChI is InChI=1S/C27H29N3O6/c1-15-23(26(33)35-3)24-25(29-15)18(31)12-21-27(24)13-17(27)14-30(21)22(32)8-6-16-5-7-19(34-2)20(11-16)36-10-4-9-28/h5-8,11-12,17,29H,4,9-10,13-14,28H2,1-3H3/b8-6+/t17-,27+/m1/s1. The minimum Gasteiger partial charge on any atom is -0.493 e. The van der Waals surface area contributed by atoms with E-state index in [1.54, 1.807) is 31.1 Å². The summed E-state index contributed by atoms with van der Waals surface area (Å²) in [6, 6.07) is 5.43. The van der Waals surface area contributed by atoms with Gasteiger partial charge in [0.05, 0.1) is 32.1 Å². The second-order valence-corrected chi connectivity index (χ2v) is 9.32. The number of nitrogens with one attached hydrogen (secondary N) is 1. The Balaban J connectivity index is 1.40. The highest BCUT2D eigenvalue weighted by Crippen LogP contribution is 2.67. The number of H-pyrrole nitrogens is 1. The van der Waals surface area contributed by atoms with Crippen LogP contribution in [0.15, 0.2) is 36.0 Å². The zero-order valence-electron chi connectivity index (χ0n) is 20.6. The van der Waals surface area contributed by atoms with Crippen LogP contribution in [0.25, 0.3) is 6.08 Å². The lowest BCUT2D eigenvalue weighted by molar-refractivity contribution is -0.123. The van der Waals surface area contributed by atoms with Gasteiger partial charge in [0.25, 0.3) is 5.91 Å². The predicted octanol–water partition coefficient (Wildman–Crippen LogP) is 2.74. The predicted molar refractivity (Wildman–Crippen MR) is 132 cm³/mol. The first kappa shape index (κ1) is 23.9. The molecule has 9 heteroatoms. The number of rotatable bonds is 8. The van der Waals surface area contributed by atoms with Gasteiger partial charge in [-0.15, -0.1) is 0 Å². The quantitative estimate of drug-likeness (QED) is 0.331. The summed E-state index contributed by atoms with van der Waals surface area (Å²) in [5, 5.41) is 0. The van der Waals surface area contributed by atoms with Crippen molar-refractivity contribution in [3.63, 3.8) is 0 Å². The number of carbonyl (C=O) groups excluding carboxylic acids is 3. The van der Waals surface area contributed by atoms with E-state index in [1.807, 2.05) is 12.1 Å². The number of esters is 1. The number of carbonyl (C=O) groups is 3. The zero-order chi connectivity index (χ0) is 25.6. The Bertz CT molecular complexity index is 1320. The molecule has 1 aliphatic heterocycles. The van der Waals surface area contributed by atoms with Crippen molar-refractivity contribution >= 4 is 23.7 Å². The Morgan fingerprint density at radius 1 is 1.28 bits per heavy atom. The first-order chi connectivity index (χ1) is 17.3. The molecule has 2 aromatic rings. The van der Waals surface area contributed by atoms with Crippen molar-refractivity contribution in [2.24, 2.45) is 11.7 Å². The third-order valence-electron chi connectivity index (χ3n) is 7.27. The van der Waals surface area contributed by atoms with Crippen molar-refractivity contribution in [3.8, 4) is 11.5 Å². The number of ketones is 1. The van der Waals surface area contributed by atoms with E-state index in [4.69, 9.17) is 19.9 Å². The van der Waals surface area contributed by atoms with Crippen molar-refractivity contribution in [1.29, 1.82) is 0 Å². The number of hydrogen-bond acceptors (Lipinski definition) is 7. The summed E-state index contributed by atoms with van der Waals surface area (Å²) in [4.78, 5) is 43.5. The molecule has 1 aromatic heterocycles. The van der Waals surface area contributed by atoms with Crippen LogP contribution in [0.1, 0.15) is 50.5 Å². The number of ether oxygens (including phenoxy) is 3. The van der Waals surface area contributed by atoms with Crippen LogP contribution in [0.2, 0.25) is 0 Å². The summed E-state index contributed by atoms with van der Waals surface area (Å²) in [5.74, 6) is 0.378. The Kier molecular flexibility index (Phi) is 5.96. The van der Waals surface area contributed by atoms with E-state index in [-0.39, 0.29) is 17.6 Å². The molecule has 1 saturated heterocycles. The minimum atomic E-state index is -0.509. The molecule has 5 rings (SSSR count). The third-order valence-corrected chi connectivity index (χ3v) is 7.27. The fourth-order valence-electron chi connectivity index (χ4n) is 5.52. The van der Waals surface area contributed by atoms with Crippen molar-refractivity contribution in [2.75, 3.05) is 33.9 Å². The molecule has 2 heterocycles. The van der Waals surface area contributed by atoms with Gasteiger partial charge in [0.1, 0.15) is 0 Å². The van der Waals surface area contributed by atoms with Crippen LogP contribution in [0, 0.1) is 12.8 Å². The van der Waals surface area contributed by atoms with Crippen molar-refractivity contribution in [3.05, 3.63) is 64.1 Å². The van der Waals surface area contributed by atoms with Crippen LogP contribution in [0.5, 0.6) is 11.5 Å². The lowest BCUT2D eigenvalue weighted by Crippen LogP contribution is -2.33. The largest absolute Gasteiger partial charge is 0.493 e. The second kappa shape index (κ2) is 8.98. The number of aromatic nitrogens is 1. The number of fused-ring (bicyclic) bond motifs is 1. The van der Waals surface area contributed by atoms with Crippen LogP contribution < -0.4 is 15.2 Å². The van der Waals surface area contributed by atoms with Crippen molar-refractivity contribution in [2.45, 2.75) is 25.2 Å². The topological polar surface area (TPSA) is 124 Å². The first-order valence-corrected chi connectivity index (χ1v) is 11.9.